The molecule has 1 aliphatic carbocycles. The van der Waals surface area contributed by atoms with E-state index >= 15 is 0 Å². The van der Waals surface area contributed by atoms with Crippen molar-refractivity contribution in [3.8, 4) is 16.9 Å². The Morgan fingerprint density at radius 1 is 1.11 bits per heavy atom. The fourth-order valence-electron chi connectivity index (χ4n) is 4.91. The first-order valence-electron chi connectivity index (χ1n) is 12.8. The second kappa shape index (κ2) is 12.7. The first-order valence-corrected chi connectivity index (χ1v) is 12.8. The molecule has 0 unspecified atom stereocenters. The molecule has 0 saturated heterocycles. The summed E-state index contributed by atoms with van der Waals surface area (Å²) in [6, 6.07) is 7.81. The van der Waals surface area contributed by atoms with Crippen LogP contribution in [-0.2, 0) is 20.9 Å². The largest absolute Gasteiger partial charge is 0.494 e. The van der Waals surface area contributed by atoms with Gasteiger partial charge in [0.05, 0.1) is 31.2 Å². The number of carbonyl (C=O) groups excluding carboxylic acids is 1. The van der Waals surface area contributed by atoms with Crippen molar-refractivity contribution >= 4 is 17.7 Å². The van der Waals surface area contributed by atoms with Gasteiger partial charge in [0, 0.05) is 11.8 Å². The van der Waals surface area contributed by atoms with Crippen molar-refractivity contribution in [3.05, 3.63) is 41.6 Å². The number of aliphatic carboxylic acids is 1. The second-order valence-corrected chi connectivity index (χ2v) is 9.16. The number of carboxylic acids is 1. The highest BCUT2D eigenvalue weighted by Crippen LogP contribution is 2.34. The maximum absolute atomic E-state index is 13.0. The molecular weight excluding hydrogens is 444 g/mol. The Morgan fingerprint density at radius 2 is 1.83 bits per heavy atom. The summed E-state index contributed by atoms with van der Waals surface area (Å²) in [4.78, 5) is 29.2. The summed E-state index contributed by atoms with van der Waals surface area (Å²) in [5.74, 6) is -1.39. The van der Waals surface area contributed by atoms with E-state index in [1.165, 1.54) is 12.8 Å². The lowest BCUT2D eigenvalue weighted by atomic mass is 9.87. The van der Waals surface area contributed by atoms with Gasteiger partial charge in [0.2, 0.25) is 5.91 Å². The summed E-state index contributed by atoms with van der Waals surface area (Å²) in [6.07, 6.45) is 7.34. The zero-order valence-corrected chi connectivity index (χ0v) is 21.3. The number of rotatable bonds is 12. The van der Waals surface area contributed by atoms with Crippen LogP contribution in [0.2, 0.25) is 0 Å². The molecule has 7 nitrogen and oxygen atoms in total. The number of aromatic nitrogens is 1. The Kier molecular flexibility index (Phi) is 9.66. The van der Waals surface area contributed by atoms with Crippen molar-refractivity contribution < 1.29 is 24.2 Å². The van der Waals surface area contributed by atoms with Gasteiger partial charge in [0.25, 0.3) is 0 Å². The molecular formula is C28H38N2O5. The van der Waals surface area contributed by atoms with Gasteiger partial charge < -0.3 is 19.9 Å². The zero-order chi connectivity index (χ0) is 25.4. The molecule has 1 saturated carbocycles. The van der Waals surface area contributed by atoms with E-state index < -0.39 is 17.8 Å². The SMILES string of the molecule is CCOc1cccc(-c2cnc(NC(=O)[C@@H](CC)[C@@H](CC)C(=O)O)cc2COC2CCCC2)c1C. The van der Waals surface area contributed by atoms with E-state index in [1.54, 1.807) is 13.1 Å². The molecule has 35 heavy (non-hydrogen) atoms. The van der Waals surface area contributed by atoms with E-state index in [9.17, 15) is 14.7 Å². The third-order valence-corrected chi connectivity index (χ3v) is 6.91. The van der Waals surface area contributed by atoms with Crippen LogP contribution in [0.25, 0.3) is 11.1 Å². The number of hydrogen-bond donors (Lipinski definition) is 2. The zero-order valence-electron chi connectivity index (χ0n) is 21.3. The molecule has 1 fully saturated rings. The van der Waals surface area contributed by atoms with Crippen molar-refractivity contribution in [1.82, 2.24) is 4.98 Å². The fourth-order valence-corrected chi connectivity index (χ4v) is 4.91. The number of nitrogens with one attached hydrogen (secondary N) is 1. The van der Waals surface area contributed by atoms with Crippen molar-refractivity contribution in [3.63, 3.8) is 0 Å². The number of carboxylic acid groups (broad SMARTS) is 1. The number of pyridine rings is 1. The van der Waals surface area contributed by atoms with Crippen LogP contribution in [-0.4, -0.2) is 34.7 Å². The Bertz CT molecular complexity index is 1020. The van der Waals surface area contributed by atoms with Gasteiger partial charge in [-0.1, -0.05) is 38.8 Å². The maximum atomic E-state index is 13.0. The number of hydrogen-bond acceptors (Lipinski definition) is 5. The normalized spacial score (nSPS) is 15.5. The predicted molar refractivity (Wildman–Crippen MR) is 136 cm³/mol. The van der Waals surface area contributed by atoms with E-state index in [0.29, 0.717) is 31.9 Å². The maximum Gasteiger partial charge on any atom is 0.307 e. The monoisotopic (exact) mass is 482 g/mol. The predicted octanol–water partition coefficient (Wildman–Crippen LogP) is 5.99. The van der Waals surface area contributed by atoms with Crippen LogP contribution in [0.4, 0.5) is 5.82 Å². The molecule has 0 radical (unpaired) electrons. The summed E-state index contributed by atoms with van der Waals surface area (Å²) in [6.45, 7) is 8.61. The minimum absolute atomic E-state index is 0.246. The molecule has 190 valence electrons. The van der Waals surface area contributed by atoms with Gasteiger partial charge in [-0.05, 0) is 68.4 Å². The lowest BCUT2D eigenvalue weighted by molar-refractivity contribution is -0.146. The van der Waals surface area contributed by atoms with Gasteiger partial charge in [-0.15, -0.1) is 0 Å². The number of anilines is 1. The molecule has 2 aromatic rings. The fraction of sp³-hybridized carbons (Fsp3) is 0.536. The summed E-state index contributed by atoms with van der Waals surface area (Å²) < 4.78 is 12.0. The van der Waals surface area contributed by atoms with Gasteiger partial charge in [-0.3, -0.25) is 9.59 Å². The van der Waals surface area contributed by atoms with Crippen LogP contribution in [0.5, 0.6) is 5.75 Å². The van der Waals surface area contributed by atoms with Crippen LogP contribution in [0.3, 0.4) is 0 Å². The molecule has 1 aliphatic rings. The van der Waals surface area contributed by atoms with Gasteiger partial charge in [0.1, 0.15) is 11.6 Å². The van der Waals surface area contributed by atoms with Crippen LogP contribution >= 0.6 is 0 Å². The van der Waals surface area contributed by atoms with E-state index in [4.69, 9.17) is 9.47 Å². The molecule has 0 aliphatic heterocycles. The first kappa shape index (κ1) is 26.7. The van der Waals surface area contributed by atoms with Crippen LogP contribution in [0.15, 0.2) is 30.5 Å². The van der Waals surface area contributed by atoms with Crippen molar-refractivity contribution in [2.24, 2.45) is 11.8 Å². The quantitative estimate of drug-likeness (QED) is 0.386. The molecule has 0 bridgehead atoms. The van der Waals surface area contributed by atoms with Crippen molar-refractivity contribution in [2.75, 3.05) is 11.9 Å². The summed E-state index contributed by atoms with van der Waals surface area (Å²) in [5.41, 5.74) is 3.89. The Labute approximate surface area is 208 Å². The number of amides is 1. The highest BCUT2D eigenvalue weighted by molar-refractivity contribution is 5.94. The third-order valence-electron chi connectivity index (χ3n) is 6.91. The van der Waals surface area contributed by atoms with E-state index in [-0.39, 0.29) is 12.0 Å². The van der Waals surface area contributed by atoms with Crippen LogP contribution in [0, 0.1) is 18.8 Å². The highest BCUT2D eigenvalue weighted by atomic mass is 16.5. The molecule has 1 aromatic heterocycles. The molecule has 2 atom stereocenters. The smallest absolute Gasteiger partial charge is 0.307 e. The van der Waals surface area contributed by atoms with Gasteiger partial charge in [-0.2, -0.15) is 0 Å². The van der Waals surface area contributed by atoms with E-state index in [1.807, 2.05) is 45.0 Å². The van der Waals surface area contributed by atoms with Crippen molar-refractivity contribution in [2.45, 2.75) is 78.9 Å². The lowest BCUT2D eigenvalue weighted by Gasteiger charge is -2.21. The molecule has 1 aromatic carbocycles. The minimum Gasteiger partial charge on any atom is -0.494 e. The number of carbonyl (C=O) groups is 2. The van der Waals surface area contributed by atoms with E-state index in [0.717, 1.165) is 40.8 Å². The Hall–Kier alpha value is -2.93. The molecule has 0 spiro atoms. The second-order valence-electron chi connectivity index (χ2n) is 9.16. The summed E-state index contributed by atoms with van der Waals surface area (Å²) >= 11 is 0. The minimum atomic E-state index is -0.951. The first-order chi connectivity index (χ1) is 16.9. The number of benzene rings is 1. The van der Waals surface area contributed by atoms with Gasteiger partial charge >= 0.3 is 5.97 Å². The summed E-state index contributed by atoms with van der Waals surface area (Å²) in [7, 11) is 0. The topological polar surface area (TPSA) is 97.8 Å². The van der Waals surface area contributed by atoms with Crippen molar-refractivity contribution in [1.29, 1.82) is 0 Å². The highest BCUT2D eigenvalue weighted by Gasteiger charge is 2.31. The van der Waals surface area contributed by atoms with Crippen LogP contribution in [0.1, 0.15) is 70.4 Å². The molecule has 1 amide bonds. The van der Waals surface area contributed by atoms with E-state index in [2.05, 4.69) is 10.3 Å². The Balaban J connectivity index is 1.92. The molecule has 3 rings (SSSR count). The van der Waals surface area contributed by atoms with Gasteiger partial charge in [-0.25, -0.2) is 4.98 Å². The van der Waals surface area contributed by atoms with Crippen LogP contribution < -0.4 is 10.1 Å². The molecule has 2 N–H and O–H groups in total. The standard InChI is InChI=1S/C28H38N2O5/c1-5-21(22(6-2)28(32)33)27(31)30-26-15-19(17-35-20-11-8-9-12-20)24(16-29-26)23-13-10-14-25(18(23)4)34-7-3/h10,13-16,20-22H,5-9,11-12,17H2,1-4H3,(H,32,33)(H,29,30,31)/t21-,22+/m0/s1. The molecule has 1 heterocycles. The average molecular weight is 483 g/mol. The third kappa shape index (κ3) is 6.60. The summed E-state index contributed by atoms with van der Waals surface area (Å²) in [5, 5.41) is 12.4. The lowest BCUT2D eigenvalue weighted by Crippen LogP contribution is -2.33. The number of ether oxygens (including phenoxy) is 2. The van der Waals surface area contributed by atoms with Gasteiger partial charge in [0.15, 0.2) is 0 Å². The number of nitrogens with zero attached hydrogens (tertiary/aromatic N) is 1. The molecule has 7 heteroatoms. The Morgan fingerprint density at radius 3 is 2.46 bits per heavy atom. The average Bonchev–Trinajstić information content (AvgIpc) is 3.36.